The number of aromatic nitrogens is 3. The quantitative estimate of drug-likeness (QED) is 0.897. The summed E-state index contributed by atoms with van der Waals surface area (Å²) in [5.74, 6) is 0. The van der Waals surface area contributed by atoms with Gasteiger partial charge in [-0.3, -0.25) is 4.68 Å². The van der Waals surface area contributed by atoms with E-state index in [4.69, 9.17) is 10.7 Å². The minimum atomic E-state index is 0.603. The molecule has 0 spiro atoms. The lowest BCUT2D eigenvalue weighted by Crippen LogP contribution is -2.05. The Kier molecular flexibility index (Phi) is 5.09. The van der Waals surface area contributed by atoms with Gasteiger partial charge in [0.1, 0.15) is 0 Å². The largest absolute Gasteiger partial charge is 0.351 e. The number of nitrogens with two attached hydrogens (primary N) is 1. The topological polar surface area (TPSA) is 61.1 Å². The molecule has 3 rings (SSSR count). The van der Waals surface area contributed by atoms with Gasteiger partial charge in [-0.1, -0.05) is 0 Å². The molecule has 5 nitrogen and oxygen atoms in total. The highest BCUT2D eigenvalue weighted by atomic mass is 15.3. The van der Waals surface area contributed by atoms with Crippen molar-refractivity contribution in [2.45, 2.75) is 27.2 Å². The number of rotatable bonds is 5. The highest BCUT2D eigenvalue weighted by molar-refractivity contribution is 6.10. The standard InChI is InChI=1S/C21H27N5/c1-14-13-17(8-9-18-15(2)24-26(5)16(18)3)23-21(14)19(10-11-22)20-7-6-12-25(20)4/h6-9,12-13H,10-11,22H2,1-5H3. The zero-order valence-corrected chi connectivity index (χ0v) is 16.2. The van der Waals surface area contributed by atoms with Gasteiger partial charge in [0.05, 0.1) is 17.1 Å². The third-order valence-electron chi connectivity index (χ3n) is 4.90. The molecule has 136 valence electrons. The van der Waals surface area contributed by atoms with Crippen LogP contribution in [0.3, 0.4) is 0 Å². The van der Waals surface area contributed by atoms with Crippen molar-refractivity contribution in [3.8, 4) is 0 Å². The summed E-state index contributed by atoms with van der Waals surface area (Å²) >= 11 is 0. The van der Waals surface area contributed by atoms with Gasteiger partial charge in [0.15, 0.2) is 0 Å². The number of hydrogen-bond donors (Lipinski definition) is 1. The molecule has 0 bridgehead atoms. The summed E-state index contributed by atoms with van der Waals surface area (Å²) in [6.45, 7) is 6.83. The van der Waals surface area contributed by atoms with E-state index in [1.165, 1.54) is 16.8 Å². The summed E-state index contributed by atoms with van der Waals surface area (Å²) in [7, 11) is 4.02. The maximum atomic E-state index is 5.87. The highest BCUT2D eigenvalue weighted by Gasteiger charge is 2.17. The van der Waals surface area contributed by atoms with Crippen LogP contribution in [-0.2, 0) is 14.1 Å². The van der Waals surface area contributed by atoms with E-state index in [-0.39, 0.29) is 0 Å². The van der Waals surface area contributed by atoms with Crippen molar-refractivity contribution in [3.63, 3.8) is 0 Å². The molecule has 26 heavy (non-hydrogen) atoms. The number of aliphatic imine (C=N–C) groups is 1. The van der Waals surface area contributed by atoms with Crippen LogP contribution in [0.25, 0.3) is 11.6 Å². The Bertz CT molecular complexity index is 947. The molecule has 3 heterocycles. The lowest BCUT2D eigenvalue weighted by Gasteiger charge is -2.11. The van der Waals surface area contributed by atoms with Crippen molar-refractivity contribution < 1.29 is 0 Å². The molecule has 0 amide bonds. The minimum Gasteiger partial charge on any atom is -0.351 e. The molecule has 2 N–H and O–H groups in total. The van der Waals surface area contributed by atoms with Crippen LogP contribution in [0.15, 0.2) is 46.7 Å². The molecular weight excluding hydrogens is 322 g/mol. The molecule has 0 saturated heterocycles. The second-order valence-corrected chi connectivity index (χ2v) is 6.78. The molecule has 5 heteroatoms. The lowest BCUT2D eigenvalue weighted by atomic mass is 10.0. The third-order valence-corrected chi connectivity index (χ3v) is 4.90. The molecule has 0 aromatic carbocycles. The Morgan fingerprint density at radius 2 is 1.96 bits per heavy atom. The summed E-state index contributed by atoms with van der Waals surface area (Å²) < 4.78 is 4.03. The summed E-state index contributed by atoms with van der Waals surface area (Å²) in [5, 5.41) is 4.47. The number of nitrogens with zero attached hydrogens (tertiary/aromatic N) is 4. The normalized spacial score (nSPS) is 16.4. The van der Waals surface area contributed by atoms with Crippen molar-refractivity contribution >= 4 is 17.4 Å². The fraction of sp³-hybridized carbons (Fsp3) is 0.333. The predicted octanol–water partition coefficient (Wildman–Crippen LogP) is 3.55. The van der Waals surface area contributed by atoms with E-state index in [2.05, 4.69) is 67.1 Å². The zero-order valence-electron chi connectivity index (χ0n) is 16.2. The molecule has 0 radical (unpaired) electrons. The van der Waals surface area contributed by atoms with Gasteiger partial charge < -0.3 is 10.3 Å². The summed E-state index contributed by atoms with van der Waals surface area (Å²) in [4.78, 5) is 4.89. The Balaban J connectivity index is 1.99. The monoisotopic (exact) mass is 349 g/mol. The second kappa shape index (κ2) is 7.30. The van der Waals surface area contributed by atoms with Crippen LogP contribution in [0.4, 0.5) is 0 Å². The maximum Gasteiger partial charge on any atom is 0.0720 e. The summed E-state index contributed by atoms with van der Waals surface area (Å²) in [6, 6.07) is 4.18. The van der Waals surface area contributed by atoms with Gasteiger partial charge in [0, 0.05) is 42.8 Å². The fourth-order valence-electron chi connectivity index (χ4n) is 3.42. The first-order chi connectivity index (χ1) is 12.4. The fourth-order valence-corrected chi connectivity index (χ4v) is 3.42. The minimum absolute atomic E-state index is 0.603. The van der Waals surface area contributed by atoms with Gasteiger partial charge in [-0.15, -0.1) is 0 Å². The van der Waals surface area contributed by atoms with E-state index in [0.717, 1.165) is 34.8 Å². The van der Waals surface area contributed by atoms with Crippen LogP contribution in [0.2, 0.25) is 0 Å². The zero-order chi connectivity index (χ0) is 18.8. The lowest BCUT2D eigenvalue weighted by molar-refractivity contribution is 0.731. The van der Waals surface area contributed by atoms with Crippen LogP contribution in [-0.4, -0.2) is 26.6 Å². The Labute approximate surface area is 155 Å². The molecule has 1 aliphatic heterocycles. The van der Waals surface area contributed by atoms with Gasteiger partial charge in [0.25, 0.3) is 0 Å². The first kappa shape index (κ1) is 18.1. The molecule has 0 unspecified atom stereocenters. The van der Waals surface area contributed by atoms with Crippen molar-refractivity contribution in [2.75, 3.05) is 6.54 Å². The van der Waals surface area contributed by atoms with Gasteiger partial charge in [-0.2, -0.15) is 5.10 Å². The van der Waals surface area contributed by atoms with Crippen LogP contribution in [0.1, 0.15) is 36.0 Å². The van der Waals surface area contributed by atoms with Crippen molar-refractivity contribution in [1.29, 1.82) is 0 Å². The highest BCUT2D eigenvalue weighted by Crippen LogP contribution is 2.31. The Hall–Kier alpha value is -2.66. The predicted molar refractivity (Wildman–Crippen MR) is 109 cm³/mol. The van der Waals surface area contributed by atoms with Crippen LogP contribution in [0, 0.1) is 13.8 Å². The molecule has 1 aliphatic rings. The van der Waals surface area contributed by atoms with Crippen molar-refractivity contribution in [1.82, 2.24) is 14.3 Å². The van der Waals surface area contributed by atoms with E-state index in [9.17, 15) is 0 Å². The molecular formula is C21H27N5. The van der Waals surface area contributed by atoms with Crippen LogP contribution >= 0.6 is 0 Å². The van der Waals surface area contributed by atoms with E-state index in [1.54, 1.807) is 0 Å². The van der Waals surface area contributed by atoms with E-state index in [0.29, 0.717) is 6.54 Å². The first-order valence-electron chi connectivity index (χ1n) is 8.93. The van der Waals surface area contributed by atoms with E-state index in [1.807, 2.05) is 18.7 Å². The Morgan fingerprint density at radius 3 is 2.54 bits per heavy atom. The Morgan fingerprint density at radius 1 is 1.19 bits per heavy atom. The molecule has 0 saturated carbocycles. The van der Waals surface area contributed by atoms with Crippen LogP contribution in [0.5, 0.6) is 0 Å². The van der Waals surface area contributed by atoms with Gasteiger partial charge in [0.2, 0.25) is 0 Å². The van der Waals surface area contributed by atoms with Crippen molar-refractivity contribution in [3.05, 3.63) is 64.4 Å². The molecule has 0 fully saturated rings. The van der Waals surface area contributed by atoms with Gasteiger partial charge in [-0.25, -0.2) is 4.99 Å². The van der Waals surface area contributed by atoms with Crippen molar-refractivity contribution in [2.24, 2.45) is 24.8 Å². The average Bonchev–Trinajstić information content (AvgIpc) is 3.24. The van der Waals surface area contributed by atoms with Gasteiger partial charge >= 0.3 is 0 Å². The third kappa shape index (κ3) is 3.35. The summed E-state index contributed by atoms with van der Waals surface area (Å²) in [5.41, 5.74) is 14.8. The average molecular weight is 349 g/mol. The van der Waals surface area contributed by atoms with E-state index < -0.39 is 0 Å². The number of aryl methyl sites for hydroxylation is 3. The smallest absolute Gasteiger partial charge is 0.0720 e. The van der Waals surface area contributed by atoms with E-state index >= 15 is 0 Å². The molecule has 2 aromatic heterocycles. The number of allylic oxidation sites excluding steroid dienone is 3. The summed E-state index contributed by atoms with van der Waals surface area (Å²) in [6.07, 6.45) is 9.16. The first-order valence-corrected chi connectivity index (χ1v) is 8.93. The number of hydrogen-bond acceptors (Lipinski definition) is 3. The van der Waals surface area contributed by atoms with Crippen LogP contribution < -0.4 is 5.73 Å². The molecule has 2 aromatic rings. The molecule has 0 aliphatic carbocycles. The second-order valence-electron chi connectivity index (χ2n) is 6.78. The SMILES string of the molecule is CC1=CC(C=Cc2c(C)nn(C)c2C)=NC1=C(CCN)c1cccn1C. The van der Waals surface area contributed by atoms with Gasteiger partial charge in [-0.05, 0) is 69.7 Å². The molecule has 0 atom stereocenters. The maximum absolute atomic E-state index is 5.87.